The van der Waals surface area contributed by atoms with Gasteiger partial charge in [-0.05, 0) is 38.0 Å². The van der Waals surface area contributed by atoms with Gasteiger partial charge in [-0.3, -0.25) is 9.56 Å². The summed E-state index contributed by atoms with van der Waals surface area (Å²) in [5.41, 5.74) is 2.06. The Morgan fingerprint density at radius 1 is 1.31 bits per heavy atom. The molecule has 1 aliphatic rings. The molecule has 3 rings (SSSR count). The minimum Gasteiger partial charge on any atom is -0.508 e. The lowest BCUT2D eigenvalue weighted by molar-refractivity contribution is 0.349. The smallest absolute Gasteiger partial charge is 0.326 e. The third-order valence-corrected chi connectivity index (χ3v) is 5.39. The molecule has 0 unspecified atom stereocenters. The van der Waals surface area contributed by atoms with E-state index in [1.807, 2.05) is 0 Å². The Morgan fingerprint density at radius 3 is 2.59 bits per heavy atom. The van der Waals surface area contributed by atoms with Crippen LogP contribution in [0.3, 0.4) is 0 Å². The summed E-state index contributed by atoms with van der Waals surface area (Å²) in [6, 6.07) is 4.20. The van der Waals surface area contributed by atoms with Crippen molar-refractivity contribution in [1.82, 2.24) is 9.55 Å². The fourth-order valence-corrected chi connectivity index (χ4v) is 3.53. The van der Waals surface area contributed by atoms with Gasteiger partial charge in [-0.25, -0.2) is 4.79 Å². The number of hydrogen-bond donors (Lipinski definition) is 3. The number of aliphatic imine (C=N–C) groups is 1. The lowest BCUT2D eigenvalue weighted by Gasteiger charge is -2.18. The van der Waals surface area contributed by atoms with Gasteiger partial charge in [0.2, 0.25) is 0 Å². The number of aromatic hydroxyl groups is 2. The normalized spacial score (nSPS) is 14.6. The zero-order chi connectivity index (χ0) is 21.4. The van der Waals surface area contributed by atoms with Crippen LogP contribution in [0.5, 0.6) is 11.5 Å². The molecule has 0 spiro atoms. The summed E-state index contributed by atoms with van der Waals surface area (Å²) in [4.78, 5) is 18.7. The predicted octanol–water partition coefficient (Wildman–Crippen LogP) is 4.87. The Labute approximate surface area is 172 Å². The summed E-state index contributed by atoms with van der Waals surface area (Å²) in [6.07, 6.45) is 10.5. The van der Waals surface area contributed by atoms with Crippen molar-refractivity contribution in [3.8, 4) is 11.5 Å². The Balaban J connectivity index is 0.000000313. The van der Waals surface area contributed by atoms with E-state index < -0.39 is 0 Å². The largest absolute Gasteiger partial charge is 0.508 e. The second-order valence-corrected chi connectivity index (χ2v) is 7.73. The third kappa shape index (κ3) is 6.66. The molecule has 1 aliphatic carbocycles. The first-order valence-corrected chi connectivity index (χ1v) is 10.3. The molecule has 1 aromatic heterocycles. The van der Waals surface area contributed by atoms with Crippen molar-refractivity contribution in [2.75, 3.05) is 0 Å². The maximum atomic E-state index is 12.0. The standard InChI is InChI=1S/C15H17N3O3.C8H16/c1-9(2)16-7-13-10(3)18(15(21)17-13)8-11-6-12(19)4-5-14(11)20;1-2-8-6-4-3-5-7-8/h4-7,19-20H,1,8H2,2-3H3,(H,17,21);8H,2-7H2,1H3. The first kappa shape index (κ1) is 22.5. The number of aromatic nitrogens is 2. The van der Waals surface area contributed by atoms with Crippen molar-refractivity contribution >= 4 is 6.21 Å². The molecule has 0 amide bonds. The minimum absolute atomic E-state index is 0.0254. The SMILES string of the molecule is C=C(C)N=Cc1[nH]c(=O)n(Cc2cc(O)ccc2O)c1C.CCC1CCCCC1. The number of rotatable bonds is 5. The number of nitrogens with zero attached hydrogens (tertiary/aromatic N) is 2. The molecule has 6 heteroatoms. The van der Waals surface area contributed by atoms with Crippen molar-refractivity contribution in [3.63, 3.8) is 0 Å². The highest BCUT2D eigenvalue weighted by Crippen LogP contribution is 2.25. The van der Waals surface area contributed by atoms with Crippen LogP contribution >= 0.6 is 0 Å². The number of H-pyrrole nitrogens is 1. The molecule has 29 heavy (non-hydrogen) atoms. The fourth-order valence-electron chi connectivity index (χ4n) is 3.53. The first-order valence-electron chi connectivity index (χ1n) is 10.3. The van der Waals surface area contributed by atoms with Crippen LogP contribution < -0.4 is 5.69 Å². The highest BCUT2D eigenvalue weighted by Gasteiger charge is 2.12. The van der Waals surface area contributed by atoms with Crippen LogP contribution in [0.1, 0.15) is 69.3 Å². The van der Waals surface area contributed by atoms with Crippen molar-refractivity contribution in [3.05, 3.63) is 57.9 Å². The summed E-state index contributed by atoms with van der Waals surface area (Å²) in [7, 11) is 0. The van der Waals surface area contributed by atoms with Gasteiger partial charge in [-0.2, -0.15) is 0 Å². The topological polar surface area (TPSA) is 90.6 Å². The highest BCUT2D eigenvalue weighted by molar-refractivity contribution is 5.79. The van der Waals surface area contributed by atoms with Crippen LogP contribution in [0.2, 0.25) is 0 Å². The van der Waals surface area contributed by atoms with Gasteiger partial charge in [0.05, 0.1) is 18.5 Å². The van der Waals surface area contributed by atoms with Crippen molar-refractivity contribution in [2.45, 2.75) is 65.8 Å². The molecule has 1 aromatic carbocycles. The molecule has 6 nitrogen and oxygen atoms in total. The molecule has 0 bridgehead atoms. The zero-order valence-electron chi connectivity index (χ0n) is 17.7. The van der Waals surface area contributed by atoms with Gasteiger partial charge in [0.15, 0.2) is 0 Å². The monoisotopic (exact) mass is 399 g/mol. The van der Waals surface area contributed by atoms with Crippen LogP contribution in [0.15, 0.2) is 40.3 Å². The lowest BCUT2D eigenvalue weighted by atomic mass is 9.88. The number of phenols is 2. The number of allylic oxidation sites excluding steroid dienone is 1. The number of aromatic amines is 1. The number of hydrogen-bond acceptors (Lipinski definition) is 4. The zero-order valence-corrected chi connectivity index (χ0v) is 17.7. The van der Waals surface area contributed by atoms with Crippen LogP contribution in [0.4, 0.5) is 0 Å². The van der Waals surface area contributed by atoms with Gasteiger partial charge < -0.3 is 15.2 Å². The van der Waals surface area contributed by atoms with Gasteiger partial charge >= 0.3 is 5.69 Å². The molecule has 0 saturated heterocycles. The second-order valence-electron chi connectivity index (χ2n) is 7.73. The van der Waals surface area contributed by atoms with Crippen molar-refractivity contribution in [2.24, 2.45) is 10.9 Å². The van der Waals surface area contributed by atoms with E-state index in [1.165, 1.54) is 67.5 Å². The highest BCUT2D eigenvalue weighted by atomic mass is 16.3. The predicted molar refractivity (Wildman–Crippen MR) is 118 cm³/mol. The number of phenolic OH excluding ortho intramolecular Hbond substituents is 2. The van der Waals surface area contributed by atoms with E-state index >= 15 is 0 Å². The molecule has 3 N–H and O–H groups in total. The third-order valence-electron chi connectivity index (χ3n) is 5.39. The van der Waals surface area contributed by atoms with Gasteiger partial charge in [-0.1, -0.05) is 52.0 Å². The lowest BCUT2D eigenvalue weighted by Crippen LogP contribution is -2.18. The van der Waals surface area contributed by atoms with E-state index in [4.69, 9.17) is 0 Å². The second kappa shape index (κ2) is 10.7. The summed E-state index contributed by atoms with van der Waals surface area (Å²) >= 11 is 0. The summed E-state index contributed by atoms with van der Waals surface area (Å²) in [6.45, 7) is 9.66. The average Bonchev–Trinajstić information content (AvgIpc) is 2.97. The van der Waals surface area contributed by atoms with E-state index in [1.54, 1.807) is 13.8 Å². The van der Waals surface area contributed by atoms with E-state index in [9.17, 15) is 15.0 Å². The molecule has 158 valence electrons. The van der Waals surface area contributed by atoms with Crippen molar-refractivity contribution < 1.29 is 10.2 Å². The quantitative estimate of drug-likeness (QED) is 0.495. The van der Waals surface area contributed by atoms with Gasteiger partial charge in [-0.15, -0.1) is 0 Å². The maximum Gasteiger partial charge on any atom is 0.326 e. The molecular formula is C23H33N3O3. The first-order chi connectivity index (χ1) is 13.8. The molecular weight excluding hydrogens is 366 g/mol. The van der Waals surface area contributed by atoms with Crippen LogP contribution in [-0.4, -0.2) is 26.0 Å². The molecule has 0 radical (unpaired) electrons. The number of imidazole rings is 1. The fraction of sp³-hybridized carbons (Fsp3) is 0.478. The van der Waals surface area contributed by atoms with Gasteiger partial charge in [0, 0.05) is 17.0 Å². The molecule has 0 aliphatic heterocycles. The van der Waals surface area contributed by atoms with E-state index in [0.717, 1.165) is 5.92 Å². The van der Waals surface area contributed by atoms with E-state index in [0.29, 0.717) is 22.6 Å². The molecule has 0 atom stereocenters. The van der Waals surface area contributed by atoms with Gasteiger partial charge in [0.1, 0.15) is 11.5 Å². The van der Waals surface area contributed by atoms with E-state index in [-0.39, 0.29) is 23.7 Å². The van der Waals surface area contributed by atoms with Crippen LogP contribution in [-0.2, 0) is 6.54 Å². The Hall–Kier alpha value is -2.76. The van der Waals surface area contributed by atoms with Crippen LogP contribution in [0, 0.1) is 12.8 Å². The molecule has 2 aromatic rings. The number of nitrogens with one attached hydrogen (secondary N) is 1. The Morgan fingerprint density at radius 2 is 2.00 bits per heavy atom. The Bertz CT molecular complexity index is 903. The molecule has 1 saturated carbocycles. The summed E-state index contributed by atoms with van der Waals surface area (Å²) < 4.78 is 1.47. The minimum atomic E-state index is -0.307. The van der Waals surface area contributed by atoms with Crippen molar-refractivity contribution in [1.29, 1.82) is 0 Å². The molecule has 1 heterocycles. The van der Waals surface area contributed by atoms with Crippen LogP contribution in [0.25, 0.3) is 0 Å². The molecule has 1 fully saturated rings. The maximum absolute atomic E-state index is 12.0. The average molecular weight is 400 g/mol. The Kier molecular flexibility index (Phi) is 8.31. The summed E-state index contributed by atoms with van der Waals surface area (Å²) in [5.74, 6) is 1.15. The van der Waals surface area contributed by atoms with Gasteiger partial charge in [0.25, 0.3) is 0 Å². The summed E-state index contributed by atoms with van der Waals surface area (Å²) in [5, 5.41) is 19.3. The number of benzene rings is 1. The van der Waals surface area contributed by atoms with E-state index in [2.05, 4.69) is 23.5 Å².